The first kappa shape index (κ1) is 17.3. The molecule has 0 fully saturated rings. The van der Waals surface area contributed by atoms with Crippen LogP contribution in [0.1, 0.15) is 23.6 Å². The number of carbonyl (C=O) groups is 1. The molecule has 2 aromatic rings. The van der Waals surface area contributed by atoms with Gasteiger partial charge in [-0.1, -0.05) is 29.8 Å². The highest BCUT2D eigenvalue weighted by Gasteiger charge is 2.02. The van der Waals surface area contributed by atoms with Crippen LogP contribution in [0.2, 0.25) is 0 Å². The molecular weight excluding hydrogens is 304 g/mol. The smallest absolute Gasteiger partial charge is 0.264 e. The fourth-order valence-electron chi connectivity index (χ4n) is 1.94. The van der Waals surface area contributed by atoms with Crippen molar-refractivity contribution in [3.63, 3.8) is 0 Å². The monoisotopic (exact) mass is 324 g/mol. The Labute approximate surface area is 141 Å². The van der Waals surface area contributed by atoms with Crippen LogP contribution in [0, 0.1) is 6.92 Å². The Morgan fingerprint density at radius 2 is 1.92 bits per heavy atom. The second-order valence-corrected chi connectivity index (χ2v) is 5.14. The van der Waals surface area contributed by atoms with Gasteiger partial charge in [-0.25, -0.2) is 5.43 Å². The van der Waals surface area contributed by atoms with Crippen LogP contribution >= 0.6 is 0 Å². The van der Waals surface area contributed by atoms with Crippen molar-refractivity contribution in [2.45, 2.75) is 13.8 Å². The number of nitrogens with one attached hydrogen (secondary N) is 1. The maximum Gasteiger partial charge on any atom is 0.264 e. The lowest BCUT2D eigenvalue weighted by atomic mass is 10.1. The Hall–Kier alpha value is -3.08. The average molecular weight is 324 g/mol. The average Bonchev–Trinajstić information content (AvgIpc) is 2.57. The Morgan fingerprint density at radius 3 is 2.62 bits per heavy atom. The van der Waals surface area contributed by atoms with E-state index in [-0.39, 0.29) is 11.7 Å². The molecule has 0 aliphatic heterocycles. The fraction of sp³-hybridized carbons (Fsp3) is 0.158. The van der Waals surface area contributed by atoms with Gasteiger partial charge >= 0.3 is 0 Å². The molecule has 0 saturated heterocycles. The van der Waals surface area contributed by atoms with Crippen molar-refractivity contribution < 1.29 is 14.6 Å². The molecule has 2 aromatic carbocycles. The number of benzene rings is 2. The zero-order chi connectivity index (χ0) is 17.4. The minimum Gasteiger partial charge on any atom is -0.504 e. The molecule has 0 spiro atoms. The molecule has 0 aliphatic carbocycles. The van der Waals surface area contributed by atoms with Gasteiger partial charge in [-0.2, -0.15) is 5.10 Å². The van der Waals surface area contributed by atoms with Gasteiger partial charge in [0.2, 0.25) is 0 Å². The van der Waals surface area contributed by atoms with Crippen molar-refractivity contribution in [1.29, 1.82) is 0 Å². The third-order valence-electron chi connectivity index (χ3n) is 3.18. The standard InChI is InChI=1S/C19H20N2O3/c1-3-24-18-12-16(8-10-17(18)22)13-20-21-19(23)11-9-15-6-4-14(2)5-7-15/h4-13,22H,3H2,1-2H3,(H,21,23)/b11-9+,20-13-. The first-order chi connectivity index (χ1) is 11.6. The van der Waals surface area contributed by atoms with Gasteiger partial charge in [-0.3, -0.25) is 4.79 Å². The predicted octanol–water partition coefficient (Wildman–Crippen LogP) is 3.26. The van der Waals surface area contributed by atoms with Gasteiger partial charge in [0.25, 0.3) is 5.91 Å². The van der Waals surface area contributed by atoms with Crippen molar-refractivity contribution in [2.75, 3.05) is 6.61 Å². The van der Waals surface area contributed by atoms with Gasteiger partial charge in [-0.15, -0.1) is 0 Å². The summed E-state index contributed by atoms with van der Waals surface area (Å²) in [5.41, 5.74) is 5.24. The summed E-state index contributed by atoms with van der Waals surface area (Å²) in [6.45, 7) is 4.30. The summed E-state index contributed by atoms with van der Waals surface area (Å²) in [7, 11) is 0. The molecule has 5 nitrogen and oxygen atoms in total. The minimum atomic E-state index is -0.323. The highest BCUT2D eigenvalue weighted by Crippen LogP contribution is 2.26. The highest BCUT2D eigenvalue weighted by atomic mass is 16.5. The number of phenolic OH excluding ortho intramolecular Hbond substituents is 1. The Kier molecular flexibility index (Phi) is 6.14. The summed E-state index contributed by atoms with van der Waals surface area (Å²) in [5.74, 6) is 0.127. The number of phenols is 1. The molecule has 0 aliphatic rings. The maximum atomic E-state index is 11.7. The summed E-state index contributed by atoms with van der Waals surface area (Å²) in [5, 5.41) is 13.5. The maximum absolute atomic E-state index is 11.7. The Morgan fingerprint density at radius 1 is 1.21 bits per heavy atom. The second kappa shape index (κ2) is 8.53. The van der Waals surface area contributed by atoms with Crippen molar-refractivity contribution in [2.24, 2.45) is 5.10 Å². The third kappa shape index (κ3) is 5.28. The van der Waals surface area contributed by atoms with E-state index in [9.17, 15) is 9.90 Å². The molecule has 5 heteroatoms. The molecule has 2 N–H and O–H groups in total. The van der Waals surface area contributed by atoms with Gasteiger partial charge in [0, 0.05) is 6.08 Å². The Bertz CT molecular complexity index is 750. The van der Waals surface area contributed by atoms with Gasteiger partial charge < -0.3 is 9.84 Å². The number of aryl methyl sites for hydroxylation is 1. The summed E-state index contributed by atoms with van der Waals surface area (Å²) >= 11 is 0. The van der Waals surface area contributed by atoms with E-state index in [0.29, 0.717) is 17.9 Å². The van der Waals surface area contributed by atoms with Crippen LogP contribution in [-0.2, 0) is 4.79 Å². The van der Waals surface area contributed by atoms with E-state index in [4.69, 9.17) is 4.74 Å². The molecule has 0 atom stereocenters. The summed E-state index contributed by atoms with van der Waals surface area (Å²) in [4.78, 5) is 11.7. The molecule has 0 unspecified atom stereocenters. The number of aromatic hydroxyl groups is 1. The first-order valence-electron chi connectivity index (χ1n) is 7.62. The number of hydrogen-bond acceptors (Lipinski definition) is 4. The van der Waals surface area contributed by atoms with Crippen LogP contribution in [0.4, 0.5) is 0 Å². The molecule has 2 rings (SSSR count). The van der Waals surface area contributed by atoms with Crippen molar-refractivity contribution in [1.82, 2.24) is 5.43 Å². The van der Waals surface area contributed by atoms with Crippen LogP contribution in [0.3, 0.4) is 0 Å². The lowest BCUT2D eigenvalue weighted by molar-refractivity contribution is -0.116. The van der Waals surface area contributed by atoms with Crippen LogP contribution in [0.5, 0.6) is 11.5 Å². The van der Waals surface area contributed by atoms with Gasteiger partial charge in [-0.05, 0) is 49.2 Å². The third-order valence-corrected chi connectivity index (χ3v) is 3.18. The number of carbonyl (C=O) groups excluding carboxylic acids is 1. The van der Waals surface area contributed by atoms with Crippen LogP contribution in [-0.4, -0.2) is 23.8 Å². The van der Waals surface area contributed by atoms with E-state index in [1.165, 1.54) is 23.9 Å². The zero-order valence-corrected chi connectivity index (χ0v) is 13.7. The molecule has 1 amide bonds. The molecule has 24 heavy (non-hydrogen) atoms. The first-order valence-corrected chi connectivity index (χ1v) is 7.62. The molecular formula is C19H20N2O3. The van der Waals surface area contributed by atoms with E-state index >= 15 is 0 Å². The number of hydrazone groups is 1. The van der Waals surface area contributed by atoms with E-state index in [1.54, 1.807) is 18.2 Å². The van der Waals surface area contributed by atoms with Gasteiger partial charge in [0.1, 0.15) is 0 Å². The topological polar surface area (TPSA) is 70.9 Å². The van der Waals surface area contributed by atoms with Crippen molar-refractivity contribution >= 4 is 18.2 Å². The van der Waals surface area contributed by atoms with Crippen molar-refractivity contribution in [3.05, 3.63) is 65.2 Å². The van der Waals surface area contributed by atoms with Crippen molar-refractivity contribution in [3.8, 4) is 11.5 Å². The highest BCUT2D eigenvalue weighted by molar-refractivity contribution is 5.92. The van der Waals surface area contributed by atoms with Crippen LogP contribution in [0.25, 0.3) is 6.08 Å². The Balaban J connectivity index is 1.92. The summed E-state index contributed by atoms with van der Waals surface area (Å²) in [6.07, 6.45) is 4.63. The zero-order valence-electron chi connectivity index (χ0n) is 13.7. The summed E-state index contributed by atoms with van der Waals surface area (Å²) in [6, 6.07) is 12.7. The minimum absolute atomic E-state index is 0.0686. The number of amides is 1. The van der Waals surface area contributed by atoms with Gasteiger partial charge in [0.05, 0.1) is 12.8 Å². The molecule has 0 heterocycles. The molecule has 0 saturated carbocycles. The fourth-order valence-corrected chi connectivity index (χ4v) is 1.94. The van der Waals surface area contributed by atoms with E-state index in [2.05, 4.69) is 10.5 Å². The SMILES string of the molecule is CCOc1cc(/C=N\NC(=O)/C=C/c2ccc(C)cc2)ccc1O. The predicted molar refractivity (Wildman–Crippen MR) is 95.2 cm³/mol. The van der Waals surface area contributed by atoms with E-state index in [0.717, 1.165) is 5.56 Å². The lowest BCUT2D eigenvalue weighted by Gasteiger charge is -2.05. The quantitative estimate of drug-likeness (QED) is 0.487. The summed E-state index contributed by atoms with van der Waals surface area (Å²) < 4.78 is 5.29. The lowest BCUT2D eigenvalue weighted by Crippen LogP contribution is -2.14. The molecule has 0 radical (unpaired) electrons. The molecule has 124 valence electrons. The molecule has 0 aromatic heterocycles. The van der Waals surface area contributed by atoms with Crippen LogP contribution in [0.15, 0.2) is 53.6 Å². The molecule has 0 bridgehead atoms. The largest absolute Gasteiger partial charge is 0.504 e. The normalized spacial score (nSPS) is 11.1. The van der Waals surface area contributed by atoms with E-state index < -0.39 is 0 Å². The number of hydrogen-bond donors (Lipinski definition) is 2. The number of nitrogens with zero attached hydrogens (tertiary/aromatic N) is 1. The number of rotatable bonds is 6. The van der Waals surface area contributed by atoms with E-state index in [1.807, 2.05) is 38.1 Å². The second-order valence-electron chi connectivity index (χ2n) is 5.14. The number of ether oxygens (including phenoxy) is 1. The van der Waals surface area contributed by atoms with Gasteiger partial charge in [0.15, 0.2) is 11.5 Å². The van der Waals surface area contributed by atoms with Crippen LogP contribution < -0.4 is 10.2 Å².